The Hall–Kier alpha value is -4.04. The minimum Gasteiger partial charge on any atom is -0.496 e. The molecule has 222 valence electrons. The molecule has 1 N–H and O–H groups in total. The minimum absolute atomic E-state index is 0.123. The number of rotatable bonds is 8. The van der Waals surface area contributed by atoms with Crippen LogP contribution in [-0.2, 0) is 0 Å². The number of piperidine rings is 2. The number of hydrogen-bond acceptors (Lipinski definition) is 7. The fraction of sp³-hybridized carbons (Fsp3) is 0.333. The first-order valence-electron chi connectivity index (χ1n) is 14.8. The van der Waals surface area contributed by atoms with Crippen LogP contribution >= 0.6 is 0 Å². The second-order valence-electron chi connectivity index (χ2n) is 11.6. The molecule has 0 radical (unpaired) electrons. The zero-order valence-electron chi connectivity index (χ0n) is 25.0. The van der Waals surface area contributed by atoms with Crippen LogP contribution in [-0.4, -0.2) is 56.1 Å². The van der Waals surface area contributed by atoms with Gasteiger partial charge in [-0.15, -0.1) is 0 Å². The second-order valence-corrected chi connectivity index (χ2v) is 11.6. The average Bonchev–Trinajstić information content (AvgIpc) is 3.07. The lowest BCUT2D eigenvalue weighted by molar-refractivity contribution is -0.261. The largest absolute Gasteiger partial charge is 0.496 e. The molecular formula is C36H38N2O5. The Kier molecular flexibility index (Phi) is 7.25. The molecule has 4 aliphatic rings. The predicted octanol–water partition coefficient (Wildman–Crippen LogP) is 6.18. The van der Waals surface area contributed by atoms with Crippen LogP contribution in [0.5, 0.6) is 23.0 Å². The Balaban J connectivity index is 1.50. The number of benzene rings is 4. The first-order valence-corrected chi connectivity index (χ1v) is 14.8. The van der Waals surface area contributed by atoms with Crippen molar-refractivity contribution >= 4 is 0 Å². The SMILES string of the molecule is COc1ccccc1C1C2C(O)C3C(c4ccccc4OC)N1CN(C2c1ccccc1OC)C3c1ccccc1OC. The molecule has 4 aromatic rings. The summed E-state index contributed by atoms with van der Waals surface area (Å²) in [6.07, 6.45) is -0.664. The van der Waals surface area contributed by atoms with E-state index in [1.165, 1.54) is 0 Å². The van der Waals surface area contributed by atoms with Gasteiger partial charge in [-0.1, -0.05) is 72.8 Å². The molecule has 4 fully saturated rings. The summed E-state index contributed by atoms with van der Waals surface area (Å²) in [4.78, 5) is 5.10. The van der Waals surface area contributed by atoms with Gasteiger partial charge in [0.1, 0.15) is 23.0 Å². The Morgan fingerprint density at radius 3 is 0.977 bits per heavy atom. The van der Waals surface area contributed by atoms with Crippen molar-refractivity contribution in [1.29, 1.82) is 0 Å². The Bertz CT molecular complexity index is 1380. The zero-order valence-corrected chi connectivity index (χ0v) is 25.0. The van der Waals surface area contributed by atoms with Crippen LogP contribution in [0.3, 0.4) is 0 Å². The molecule has 43 heavy (non-hydrogen) atoms. The molecule has 0 aliphatic carbocycles. The topological polar surface area (TPSA) is 63.6 Å². The third-order valence-corrected chi connectivity index (χ3v) is 9.83. The molecular weight excluding hydrogens is 540 g/mol. The molecule has 0 saturated carbocycles. The summed E-state index contributed by atoms with van der Waals surface area (Å²) in [5.41, 5.74) is 4.29. The average molecular weight is 579 g/mol. The van der Waals surface area contributed by atoms with Gasteiger partial charge < -0.3 is 24.1 Å². The van der Waals surface area contributed by atoms with Gasteiger partial charge in [-0.3, -0.25) is 9.80 Å². The third-order valence-electron chi connectivity index (χ3n) is 9.83. The van der Waals surface area contributed by atoms with E-state index >= 15 is 0 Å². The van der Waals surface area contributed by atoms with Gasteiger partial charge in [0.05, 0.1) is 41.2 Å². The number of hydrogen-bond donors (Lipinski definition) is 1. The van der Waals surface area contributed by atoms with Crippen molar-refractivity contribution in [2.45, 2.75) is 30.3 Å². The van der Waals surface area contributed by atoms with E-state index in [4.69, 9.17) is 18.9 Å². The molecule has 4 aliphatic heterocycles. The Morgan fingerprint density at radius 1 is 0.465 bits per heavy atom. The lowest BCUT2D eigenvalue weighted by Crippen LogP contribution is -2.71. The van der Waals surface area contributed by atoms with Crippen molar-refractivity contribution in [2.75, 3.05) is 35.1 Å². The van der Waals surface area contributed by atoms with Crippen molar-refractivity contribution < 1.29 is 24.1 Å². The van der Waals surface area contributed by atoms with Gasteiger partial charge in [-0.05, 0) is 24.3 Å². The van der Waals surface area contributed by atoms with Crippen molar-refractivity contribution in [3.8, 4) is 23.0 Å². The van der Waals surface area contributed by atoms with E-state index in [2.05, 4.69) is 58.3 Å². The molecule has 4 atom stereocenters. The fourth-order valence-electron chi connectivity index (χ4n) is 8.31. The van der Waals surface area contributed by atoms with Crippen LogP contribution < -0.4 is 18.9 Å². The van der Waals surface area contributed by atoms with Crippen molar-refractivity contribution in [1.82, 2.24) is 9.80 Å². The number of para-hydroxylation sites is 4. The van der Waals surface area contributed by atoms with Gasteiger partial charge in [0.25, 0.3) is 0 Å². The predicted molar refractivity (Wildman–Crippen MR) is 164 cm³/mol. The maximum Gasteiger partial charge on any atom is 0.123 e. The van der Waals surface area contributed by atoms with E-state index in [-0.39, 0.29) is 36.0 Å². The van der Waals surface area contributed by atoms with Crippen LogP contribution in [0.15, 0.2) is 97.1 Å². The van der Waals surface area contributed by atoms with Crippen LogP contribution in [0.4, 0.5) is 0 Å². The maximum absolute atomic E-state index is 12.8. The van der Waals surface area contributed by atoms with Crippen LogP contribution in [0.1, 0.15) is 46.4 Å². The summed E-state index contributed by atoms with van der Waals surface area (Å²) in [7, 11) is 6.88. The molecule has 4 unspecified atom stereocenters. The number of aliphatic hydroxyl groups is 1. The fourth-order valence-corrected chi connectivity index (χ4v) is 8.31. The Morgan fingerprint density at radius 2 is 0.721 bits per heavy atom. The van der Waals surface area contributed by atoms with Gasteiger partial charge in [0.15, 0.2) is 0 Å². The van der Waals surface area contributed by atoms with Gasteiger partial charge in [0.2, 0.25) is 0 Å². The van der Waals surface area contributed by atoms with Crippen LogP contribution in [0.2, 0.25) is 0 Å². The van der Waals surface area contributed by atoms with Crippen LogP contribution in [0, 0.1) is 11.8 Å². The molecule has 7 heteroatoms. The highest BCUT2D eigenvalue weighted by molar-refractivity contribution is 5.48. The lowest BCUT2D eigenvalue weighted by atomic mass is 9.59. The number of aliphatic hydroxyl groups excluding tert-OH is 1. The van der Waals surface area contributed by atoms with Crippen molar-refractivity contribution in [3.05, 3.63) is 119 Å². The quantitative estimate of drug-likeness (QED) is 0.268. The van der Waals surface area contributed by atoms with Crippen LogP contribution in [0.25, 0.3) is 0 Å². The smallest absolute Gasteiger partial charge is 0.123 e. The zero-order chi connectivity index (χ0) is 29.7. The minimum atomic E-state index is -0.664. The highest BCUT2D eigenvalue weighted by Crippen LogP contribution is 2.67. The van der Waals surface area contributed by atoms with E-state index in [1.807, 2.05) is 48.5 Å². The molecule has 4 aromatic carbocycles. The van der Waals surface area contributed by atoms with Gasteiger partial charge in [-0.25, -0.2) is 0 Å². The van der Waals surface area contributed by atoms with Gasteiger partial charge in [0, 0.05) is 58.3 Å². The summed E-state index contributed by atoms with van der Waals surface area (Å²) in [5, 5.41) is 12.8. The number of nitrogens with zero attached hydrogens (tertiary/aromatic N) is 2. The summed E-state index contributed by atoms with van der Waals surface area (Å²) in [6, 6.07) is 32.4. The first-order chi connectivity index (χ1) is 21.1. The van der Waals surface area contributed by atoms with E-state index in [0.29, 0.717) is 6.67 Å². The molecule has 0 spiro atoms. The number of methoxy groups -OCH3 is 4. The molecule has 0 aromatic heterocycles. The molecule has 4 saturated heterocycles. The highest BCUT2D eigenvalue weighted by Gasteiger charge is 2.66. The van der Waals surface area contributed by atoms with Gasteiger partial charge in [-0.2, -0.15) is 0 Å². The summed E-state index contributed by atoms with van der Waals surface area (Å²) in [6.45, 7) is 0.663. The number of ether oxygens (including phenoxy) is 4. The van der Waals surface area contributed by atoms with E-state index in [9.17, 15) is 5.11 Å². The normalized spacial score (nSPS) is 30.6. The standard InChI is InChI=1S/C36H38N2O5/c1-40-26-17-9-5-13-22(26)32-30-33(23-14-6-10-18-27(23)41-2)38-21-37(32)34(24-15-7-11-19-28(24)42-3)31(36(30)39)35(38)25-16-8-12-20-29(25)43-4/h5-20,30-36,39H,21H2,1-4H3. The highest BCUT2D eigenvalue weighted by atomic mass is 16.5. The third kappa shape index (κ3) is 4.21. The van der Waals surface area contributed by atoms with Crippen molar-refractivity contribution in [3.63, 3.8) is 0 Å². The first kappa shape index (κ1) is 27.8. The Labute approximate surface area is 253 Å². The summed E-state index contributed by atoms with van der Waals surface area (Å²) >= 11 is 0. The summed E-state index contributed by atoms with van der Waals surface area (Å²) < 4.78 is 23.8. The maximum atomic E-state index is 12.8. The van der Waals surface area contributed by atoms with E-state index in [0.717, 1.165) is 45.3 Å². The van der Waals surface area contributed by atoms with Gasteiger partial charge >= 0.3 is 0 Å². The lowest BCUT2D eigenvalue weighted by Gasteiger charge is -2.69. The van der Waals surface area contributed by atoms with E-state index < -0.39 is 6.10 Å². The molecule has 8 rings (SSSR count). The molecule has 4 bridgehead atoms. The van der Waals surface area contributed by atoms with Crippen molar-refractivity contribution in [2.24, 2.45) is 11.8 Å². The molecule has 7 nitrogen and oxygen atoms in total. The molecule has 0 amide bonds. The van der Waals surface area contributed by atoms with E-state index in [1.54, 1.807) is 28.4 Å². The second kappa shape index (κ2) is 11.2. The molecule has 4 heterocycles. The monoisotopic (exact) mass is 578 g/mol. The summed E-state index contributed by atoms with van der Waals surface area (Å²) in [5.74, 6) is 2.95.